The molecule has 1 aromatic heterocycles. The Morgan fingerprint density at radius 3 is 0.976 bits per heavy atom. The molecule has 0 amide bonds. The van der Waals surface area contributed by atoms with Gasteiger partial charge in [-0.1, -0.05) is 164 Å². The predicted octanol–water partition coefficient (Wildman–Crippen LogP) is 9.87. The van der Waals surface area contributed by atoms with E-state index in [2.05, 4.69) is 140 Å². The van der Waals surface area contributed by atoms with Crippen LogP contribution in [0.5, 0.6) is 0 Å². The fraction of sp³-hybridized carbons (Fsp3) is 0. The normalized spacial score (nSPS) is 10.9. The first-order valence-corrected chi connectivity index (χ1v) is 14.0. The molecule has 0 spiro atoms. The summed E-state index contributed by atoms with van der Waals surface area (Å²) in [6.45, 7) is 0. The van der Waals surface area contributed by atoms with Crippen LogP contribution < -0.4 is 0 Å². The van der Waals surface area contributed by atoms with Crippen molar-refractivity contribution in [2.24, 2.45) is 0 Å². The van der Waals surface area contributed by atoms with Crippen molar-refractivity contribution in [2.75, 3.05) is 0 Å². The molecule has 1 heterocycles. The van der Waals surface area contributed by atoms with Crippen LogP contribution in [0.3, 0.4) is 0 Å². The molecule has 7 aromatic rings. The number of hydrogen-bond donors (Lipinski definition) is 0. The van der Waals surface area contributed by atoms with E-state index >= 15 is 0 Å². The molecule has 198 valence electrons. The van der Waals surface area contributed by atoms with Gasteiger partial charge in [0.1, 0.15) is 0 Å². The summed E-state index contributed by atoms with van der Waals surface area (Å²) in [5, 5.41) is 0. The molecule has 3 nitrogen and oxygen atoms in total. The van der Waals surface area contributed by atoms with E-state index in [4.69, 9.17) is 15.0 Å². The Morgan fingerprint density at radius 2 is 0.524 bits per heavy atom. The van der Waals surface area contributed by atoms with E-state index in [9.17, 15) is 0 Å². The van der Waals surface area contributed by atoms with Crippen molar-refractivity contribution in [3.8, 4) is 67.5 Å². The number of benzene rings is 6. The molecule has 0 aliphatic carbocycles. The van der Waals surface area contributed by atoms with Gasteiger partial charge in [-0.25, -0.2) is 15.0 Å². The summed E-state index contributed by atoms with van der Waals surface area (Å²) in [7, 11) is 0. The highest BCUT2D eigenvalue weighted by atomic mass is 15.0. The lowest BCUT2D eigenvalue weighted by Gasteiger charge is -2.12. The maximum atomic E-state index is 5.03. The van der Waals surface area contributed by atoms with Gasteiger partial charge in [0.25, 0.3) is 0 Å². The SMILES string of the molecule is c1ccc(-c2ccc(-c3nc(-c4ccc(-c5ccccc5)cc4)nc(-c4ccccc4-c4ccccc4)n3)cc2)cc1. The fourth-order valence-corrected chi connectivity index (χ4v) is 5.19. The maximum absolute atomic E-state index is 5.03. The van der Waals surface area contributed by atoms with Gasteiger partial charge in [-0.2, -0.15) is 0 Å². The Kier molecular flexibility index (Phi) is 6.89. The van der Waals surface area contributed by atoms with Crippen molar-refractivity contribution in [3.05, 3.63) is 164 Å². The van der Waals surface area contributed by atoms with Crippen LogP contribution in [0, 0.1) is 0 Å². The number of nitrogens with zero attached hydrogens (tertiary/aromatic N) is 3. The average molecular weight is 538 g/mol. The van der Waals surface area contributed by atoms with Gasteiger partial charge >= 0.3 is 0 Å². The van der Waals surface area contributed by atoms with Gasteiger partial charge in [-0.3, -0.25) is 0 Å². The van der Waals surface area contributed by atoms with Gasteiger partial charge in [-0.05, 0) is 33.4 Å². The first-order valence-electron chi connectivity index (χ1n) is 14.0. The summed E-state index contributed by atoms with van der Waals surface area (Å²) >= 11 is 0. The largest absolute Gasteiger partial charge is 0.208 e. The Hall–Kier alpha value is -5.67. The standard InChI is InChI=1S/C39H27N3/c1-4-12-28(13-5-1)30-20-24-33(25-21-30)37-40-38(34-26-22-31(23-27-34)29-14-6-2-7-15-29)42-39(41-37)36-19-11-10-18-35(36)32-16-8-3-9-17-32/h1-27H. The topological polar surface area (TPSA) is 38.7 Å². The molecule has 0 saturated carbocycles. The minimum atomic E-state index is 0.643. The summed E-state index contributed by atoms with van der Waals surface area (Å²) in [4.78, 5) is 15.0. The van der Waals surface area contributed by atoms with Crippen LogP contribution in [0.4, 0.5) is 0 Å². The van der Waals surface area contributed by atoms with Gasteiger partial charge in [-0.15, -0.1) is 0 Å². The first-order chi connectivity index (χ1) is 20.8. The van der Waals surface area contributed by atoms with Gasteiger partial charge in [0.05, 0.1) is 0 Å². The van der Waals surface area contributed by atoms with E-state index in [0.29, 0.717) is 17.5 Å². The zero-order valence-electron chi connectivity index (χ0n) is 22.9. The van der Waals surface area contributed by atoms with Crippen LogP contribution in [-0.2, 0) is 0 Å². The summed E-state index contributed by atoms with van der Waals surface area (Å²) in [6.07, 6.45) is 0. The van der Waals surface area contributed by atoms with E-state index < -0.39 is 0 Å². The van der Waals surface area contributed by atoms with Crippen molar-refractivity contribution in [1.82, 2.24) is 15.0 Å². The van der Waals surface area contributed by atoms with Gasteiger partial charge < -0.3 is 0 Å². The summed E-state index contributed by atoms with van der Waals surface area (Å²) in [5.41, 5.74) is 9.72. The lowest BCUT2D eigenvalue weighted by molar-refractivity contribution is 1.07. The quantitative estimate of drug-likeness (QED) is 0.212. The third-order valence-corrected chi connectivity index (χ3v) is 7.39. The lowest BCUT2D eigenvalue weighted by Crippen LogP contribution is -2.01. The Bertz CT molecular complexity index is 1830. The molecule has 3 heteroatoms. The first kappa shape index (κ1) is 25.3. The zero-order valence-corrected chi connectivity index (χ0v) is 22.9. The Labute approximate surface area is 245 Å². The van der Waals surface area contributed by atoms with E-state index in [-0.39, 0.29) is 0 Å². The second-order valence-corrected chi connectivity index (χ2v) is 10.1. The predicted molar refractivity (Wildman–Crippen MR) is 172 cm³/mol. The third kappa shape index (κ3) is 5.24. The van der Waals surface area contributed by atoms with E-state index in [1.807, 2.05) is 24.3 Å². The summed E-state index contributed by atoms with van der Waals surface area (Å²) < 4.78 is 0. The van der Waals surface area contributed by atoms with Crippen LogP contribution in [0.1, 0.15) is 0 Å². The van der Waals surface area contributed by atoms with Crippen LogP contribution >= 0.6 is 0 Å². The minimum Gasteiger partial charge on any atom is -0.208 e. The number of aromatic nitrogens is 3. The summed E-state index contributed by atoms with van der Waals surface area (Å²) in [6, 6.07) is 56.3. The molecule has 0 N–H and O–H groups in total. The molecular weight excluding hydrogens is 510 g/mol. The van der Waals surface area contributed by atoms with E-state index in [1.54, 1.807) is 0 Å². The number of rotatable bonds is 6. The lowest BCUT2D eigenvalue weighted by atomic mass is 9.99. The Balaban J connectivity index is 1.35. The van der Waals surface area contributed by atoms with Crippen molar-refractivity contribution in [2.45, 2.75) is 0 Å². The molecule has 0 radical (unpaired) electrons. The molecule has 0 aliphatic heterocycles. The van der Waals surface area contributed by atoms with E-state index in [0.717, 1.165) is 38.9 Å². The second-order valence-electron chi connectivity index (χ2n) is 10.1. The van der Waals surface area contributed by atoms with Crippen LogP contribution in [0.2, 0.25) is 0 Å². The maximum Gasteiger partial charge on any atom is 0.164 e. The third-order valence-electron chi connectivity index (χ3n) is 7.39. The van der Waals surface area contributed by atoms with E-state index in [1.165, 1.54) is 11.1 Å². The van der Waals surface area contributed by atoms with Crippen LogP contribution in [0.15, 0.2) is 164 Å². The highest BCUT2D eigenvalue weighted by molar-refractivity contribution is 5.82. The second kappa shape index (κ2) is 11.4. The average Bonchev–Trinajstić information content (AvgIpc) is 3.09. The minimum absolute atomic E-state index is 0.643. The zero-order chi connectivity index (χ0) is 28.1. The molecule has 0 fully saturated rings. The smallest absolute Gasteiger partial charge is 0.164 e. The molecule has 42 heavy (non-hydrogen) atoms. The molecule has 0 atom stereocenters. The van der Waals surface area contributed by atoms with Crippen molar-refractivity contribution >= 4 is 0 Å². The highest BCUT2D eigenvalue weighted by Crippen LogP contribution is 2.33. The number of hydrogen-bond acceptors (Lipinski definition) is 3. The molecule has 0 unspecified atom stereocenters. The van der Waals surface area contributed by atoms with Gasteiger partial charge in [0.2, 0.25) is 0 Å². The van der Waals surface area contributed by atoms with Crippen LogP contribution in [-0.4, -0.2) is 15.0 Å². The van der Waals surface area contributed by atoms with Crippen LogP contribution in [0.25, 0.3) is 67.5 Å². The van der Waals surface area contributed by atoms with Crippen molar-refractivity contribution < 1.29 is 0 Å². The molecule has 0 bridgehead atoms. The molecule has 6 aromatic carbocycles. The van der Waals surface area contributed by atoms with Crippen molar-refractivity contribution in [1.29, 1.82) is 0 Å². The van der Waals surface area contributed by atoms with Crippen molar-refractivity contribution in [3.63, 3.8) is 0 Å². The Morgan fingerprint density at radius 1 is 0.214 bits per heavy atom. The highest BCUT2D eigenvalue weighted by Gasteiger charge is 2.16. The fourth-order valence-electron chi connectivity index (χ4n) is 5.19. The monoisotopic (exact) mass is 537 g/mol. The summed E-state index contributed by atoms with van der Waals surface area (Å²) in [5.74, 6) is 1.93. The molecule has 7 rings (SSSR count). The molecule has 0 saturated heterocycles. The molecular formula is C39H27N3. The van der Waals surface area contributed by atoms with Gasteiger partial charge in [0, 0.05) is 16.7 Å². The molecule has 0 aliphatic rings. The van der Waals surface area contributed by atoms with Gasteiger partial charge in [0.15, 0.2) is 17.5 Å².